The van der Waals surface area contributed by atoms with Gasteiger partial charge < -0.3 is 14.8 Å². The lowest BCUT2D eigenvalue weighted by Gasteiger charge is -2.13. The summed E-state index contributed by atoms with van der Waals surface area (Å²) >= 11 is 0. The second-order valence-corrected chi connectivity index (χ2v) is 3.85. The number of amides is 1. The number of hydrogen-bond acceptors (Lipinski definition) is 4. The highest BCUT2D eigenvalue weighted by Gasteiger charge is 2.09. The number of hydrogen-bond donors (Lipinski definition) is 1. The van der Waals surface area contributed by atoms with Crippen molar-refractivity contribution in [2.45, 2.75) is 19.4 Å². The Morgan fingerprint density at radius 1 is 1.39 bits per heavy atom. The van der Waals surface area contributed by atoms with Crippen LogP contribution in [0.15, 0.2) is 24.3 Å². The summed E-state index contributed by atoms with van der Waals surface area (Å²) < 4.78 is 10.2. The Labute approximate surface area is 106 Å². The number of carbonyl (C=O) groups excluding carboxylic acids is 2. The first-order chi connectivity index (χ1) is 8.65. The molecular formula is C13H17NO4. The zero-order valence-corrected chi connectivity index (χ0v) is 10.5. The summed E-state index contributed by atoms with van der Waals surface area (Å²) in [6, 6.07) is 7.56. The minimum Gasteiger partial charge on any atom is -0.497 e. The van der Waals surface area contributed by atoms with Gasteiger partial charge in [-0.2, -0.15) is 0 Å². The molecule has 0 saturated heterocycles. The van der Waals surface area contributed by atoms with Gasteiger partial charge in [-0.1, -0.05) is 12.1 Å². The van der Waals surface area contributed by atoms with Crippen LogP contribution in [0.4, 0.5) is 0 Å². The molecule has 1 rings (SSSR count). The molecule has 0 spiro atoms. The van der Waals surface area contributed by atoms with Gasteiger partial charge in [0.05, 0.1) is 7.11 Å². The van der Waals surface area contributed by atoms with Crippen molar-refractivity contribution in [1.29, 1.82) is 0 Å². The predicted octanol–water partition coefficient (Wildman–Crippen LogP) is 0.915. The van der Waals surface area contributed by atoms with E-state index < -0.39 is 5.97 Å². The fraction of sp³-hybridized carbons (Fsp3) is 0.385. The Kier molecular flexibility index (Phi) is 5.70. The van der Waals surface area contributed by atoms with Crippen LogP contribution in [0.1, 0.15) is 12.5 Å². The van der Waals surface area contributed by atoms with E-state index in [-0.39, 0.29) is 12.6 Å². The molecule has 5 nitrogen and oxygen atoms in total. The number of ether oxygens (including phenoxy) is 2. The average molecular weight is 251 g/mol. The van der Waals surface area contributed by atoms with E-state index in [4.69, 9.17) is 9.47 Å². The van der Waals surface area contributed by atoms with E-state index in [1.54, 1.807) is 7.11 Å². The van der Waals surface area contributed by atoms with Gasteiger partial charge in [-0.25, -0.2) is 0 Å². The molecule has 0 heterocycles. The summed E-state index contributed by atoms with van der Waals surface area (Å²) in [6.07, 6.45) is 0.853. The van der Waals surface area contributed by atoms with Crippen molar-refractivity contribution in [2.75, 3.05) is 13.7 Å². The third-order valence-corrected chi connectivity index (χ3v) is 2.34. The van der Waals surface area contributed by atoms with Gasteiger partial charge in [0.15, 0.2) is 0 Å². The molecule has 0 bridgehead atoms. The molecule has 0 saturated carbocycles. The Balaban J connectivity index is 2.40. The smallest absolute Gasteiger partial charge is 0.325 e. The summed E-state index contributed by atoms with van der Waals surface area (Å²) in [4.78, 5) is 21.3. The minimum atomic E-state index is -0.442. The number of methoxy groups -OCH3 is 1. The number of rotatable bonds is 7. The largest absolute Gasteiger partial charge is 0.497 e. The van der Waals surface area contributed by atoms with Crippen LogP contribution in [0.25, 0.3) is 0 Å². The summed E-state index contributed by atoms with van der Waals surface area (Å²) in [7, 11) is 1.61. The number of esters is 1. The van der Waals surface area contributed by atoms with E-state index in [0.29, 0.717) is 12.8 Å². The average Bonchev–Trinajstić information content (AvgIpc) is 2.37. The Morgan fingerprint density at radius 2 is 2.06 bits per heavy atom. The van der Waals surface area contributed by atoms with Crippen LogP contribution in [0.3, 0.4) is 0 Å². The van der Waals surface area contributed by atoms with Gasteiger partial charge in [0.25, 0.3) is 0 Å². The van der Waals surface area contributed by atoms with E-state index in [2.05, 4.69) is 5.32 Å². The van der Waals surface area contributed by atoms with Gasteiger partial charge in [-0.15, -0.1) is 0 Å². The highest BCUT2D eigenvalue weighted by Crippen LogP contribution is 2.13. The fourth-order valence-corrected chi connectivity index (χ4v) is 1.53. The molecule has 0 aliphatic rings. The van der Waals surface area contributed by atoms with Crippen LogP contribution >= 0.6 is 0 Å². The standard InChI is InChI=1S/C13H17NO4/c1-10(18-13(16)8-14-9-15)7-11-3-5-12(17-2)6-4-11/h3-6,9-10H,7-8H2,1-2H3,(H,14,15). The van der Waals surface area contributed by atoms with Gasteiger partial charge in [-0.05, 0) is 24.6 Å². The normalized spacial score (nSPS) is 11.4. The number of nitrogens with one attached hydrogen (secondary N) is 1. The monoisotopic (exact) mass is 251 g/mol. The molecule has 1 aromatic carbocycles. The van der Waals surface area contributed by atoms with Gasteiger partial charge >= 0.3 is 5.97 Å². The number of carbonyl (C=O) groups is 2. The van der Waals surface area contributed by atoms with Crippen LogP contribution in [0, 0.1) is 0 Å². The second kappa shape index (κ2) is 7.32. The maximum absolute atomic E-state index is 11.2. The molecule has 1 N–H and O–H groups in total. The van der Waals surface area contributed by atoms with Crippen molar-refractivity contribution >= 4 is 12.4 Å². The van der Waals surface area contributed by atoms with Crippen molar-refractivity contribution in [3.8, 4) is 5.75 Å². The van der Waals surface area contributed by atoms with Crippen LogP contribution in [-0.4, -0.2) is 32.1 Å². The Morgan fingerprint density at radius 3 is 2.61 bits per heavy atom. The molecule has 0 fully saturated rings. The van der Waals surface area contributed by atoms with Crippen molar-refractivity contribution in [3.63, 3.8) is 0 Å². The molecule has 0 aliphatic heterocycles. The topological polar surface area (TPSA) is 64.6 Å². The molecule has 0 aromatic heterocycles. The maximum atomic E-state index is 11.2. The first-order valence-corrected chi connectivity index (χ1v) is 5.65. The molecule has 1 amide bonds. The molecule has 0 aliphatic carbocycles. The van der Waals surface area contributed by atoms with E-state index in [0.717, 1.165) is 11.3 Å². The summed E-state index contributed by atoms with van der Waals surface area (Å²) in [5.41, 5.74) is 1.06. The van der Waals surface area contributed by atoms with Crippen LogP contribution in [0.2, 0.25) is 0 Å². The lowest BCUT2D eigenvalue weighted by atomic mass is 10.1. The van der Waals surface area contributed by atoms with Crippen molar-refractivity contribution in [1.82, 2.24) is 5.32 Å². The third kappa shape index (κ3) is 4.86. The van der Waals surface area contributed by atoms with Crippen LogP contribution < -0.4 is 10.1 Å². The molecule has 1 unspecified atom stereocenters. The molecule has 18 heavy (non-hydrogen) atoms. The molecule has 0 radical (unpaired) electrons. The quantitative estimate of drug-likeness (QED) is 0.578. The summed E-state index contributed by atoms with van der Waals surface area (Å²) in [6.45, 7) is 1.71. The SMILES string of the molecule is COc1ccc(CC(C)OC(=O)CNC=O)cc1. The van der Waals surface area contributed by atoms with Crippen molar-refractivity contribution < 1.29 is 19.1 Å². The highest BCUT2D eigenvalue weighted by molar-refractivity contribution is 5.74. The van der Waals surface area contributed by atoms with Gasteiger partial charge in [-0.3, -0.25) is 9.59 Å². The van der Waals surface area contributed by atoms with Crippen molar-refractivity contribution in [3.05, 3.63) is 29.8 Å². The third-order valence-electron chi connectivity index (χ3n) is 2.34. The van der Waals surface area contributed by atoms with Gasteiger partial charge in [0.2, 0.25) is 6.41 Å². The van der Waals surface area contributed by atoms with E-state index in [1.807, 2.05) is 31.2 Å². The molecule has 1 aromatic rings. The van der Waals surface area contributed by atoms with Gasteiger partial charge in [0.1, 0.15) is 18.4 Å². The maximum Gasteiger partial charge on any atom is 0.325 e. The first-order valence-electron chi connectivity index (χ1n) is 5.65. The van der Waals surface area contributed by atoms with Gasteiger partial charge in [0, 0.05) is 6.42 Å². The van der Waals surface area contributed by atoms with E-state index >= 15 is 0 Å². The zero-order valence-electron chi connectivity index (χ0n) is 10.5. The summed E-state index contributed by atoms with van der Waals surface area (Å²) in [5, 5.41) is 2.26. The lowest BCUT2D eigenvalue weighted by Crippen LogP contribution is -2.27. The van der Waals surface area contributed by atoms with Crippen LogP contribution in [-0.2, 0) is 20.7 Å². The zero-order chi connectivity index (χ0) is 13.4. The second-order valence-electron chi connectivity index (χ2n) is 3.85. The Hall–Kier alpha value is -2.04. The minimum absolute atomic E-state index is 0.101. The van der Waals surface area contributed by atoms with Crippen molar-refractivity contribution in [2.24, 2.45) is 0 Å². The molecule has 1 atom stereocenters. The van der Waals surface area contributed by atoms with Crippen LogP contribution in [0.5, 0.6) is 5.75 Å². The lowest BCUT2D eigenvalue weighted by molar-refractivity contribution is -0.147. The first kappa shape index (κ1) is 14.0. The fourth-order valence-electron chi connectivity index (χ4n) is 1.53. The molecule has 5 heteroatoms. The highest BCUT2D eigenvalue weighted by atomic mass is 16.5. The predicted molar refractivity (Wildman–Crippen MR) is 66.3 cm³/mol. The van der Waals surface area contributed by atoms with E-state index in [1.165, 1.54) is 0 Å². The number of benzene rings is 1. The Bertz CT molecular complexity index is 388. The molecule has 98 valence electrons. The molecular weight excluding hydrogens is 234 g/mol. The van der Waals surface area contributed by atoms with E-state index in [9.17, 15) is 9.59 Å². The summed E-state index contributed by atoms with van der Waals surface area (Å²) in [5.74, 6) is 0.349.